The number of sulfone groups is 1. The Balaban J connectivity index is 2.05. The zero-order valence-corrected chi connectivity index (χ0v) is 26.1. The zero-order chi connectivity index (χ0) is 30.1. The average Bonchev–Trinajstić information content (AvgIpc) is 3.34. The smallest absolute Gasteiger partial charge is 0.388 e. The van der Waals surface area contributed by atoms with Gasteiger partial charge in [0.25, 0.3) is 5.16 Å². The van der Waals surface area contributed by atoms with E-state index in [0.717, 1.165) is 16.8 Å². The van der Waals surface area contributed by atoms with Gasteiger partial charge in [0.2, 0.25) is 9.84 Å². The average molecular weight is 574 g/mol. The summed E-state index contributed by atoms with van der Waals surface area (Å²) in [5.41, 5.74) is 6.96. The molecule has 8 heteroatoms. The fourth-order valence-corrected chi connectivity index (χ4v) is 5.63. The molecule has 0 atom stereocenters. The molecular formula is C33H41N4O3S+. The van der Waals surface area contributed by atoms with E-state index in [9.17, 15) is 8.42 Å². The van der Waals surface area contributed by atoms with Gasteiger partial charge in [-0.15, -0.1) is 0 Å². The molecule has 2 aromatic heterocycles. The van der Waals surface area contributed by atoms with Crippen molar-refractivity contribution in [2.75, 3.05) is 0 Å². The van der Waals surface area contributed by atoms with Crippen molar-refractivity contribution in [1.29, 1.82) is 0 Å². The number of nitrogens with zero attached hydrogens (tertiary/aromatic N) is 4. The number of rotatable bonds is 10. The maximum absolute atomic E-state index is 12.2. The largest absolute Gasteiger partial charge is 0.472 e. The topological polar surface area (TPSA) is 78.0 Å². The molecule has 0 aliphatic heterocycles. The summed E-state index contributed by atoms with van der Waals surface area (Å²) in [4.78, 5) is 8.15. The highest BCUT2D eigenvalue weighted by atomic mass is 32.2. The number of hydrogen-bond donors (Lipinski definition) is 0. The van der Waals surface area contributed by atoms with E-state index in [-0.39, 0.29) is 28.8 Å². The first kappa shape index (κ1) is 30.2. The minimum Gasteiger partial charge on any atom is -0.388 e. The van der Waals surface area contributed by atoms with Crippen molar-refractivity contribution in [3.63, 3.8) is 0 Å². The summed E-state index contributed by atoms with van der Waals surface area (Å²) in [6, 6.07) is 13.4. The maximum atomic E-state index is 12.2. The summed E-state index contributed by atoms with van der Waals surface area (Å²) in [5, 5.41) is 0.525. The Labute approximate surface area is 244 Å². The third kappa shape index (κ3) is 5.98. The molecule has 0 spiro atoms. The van der Waals surface area contributed by atoms with Crippen molar-refractivity contribution in [3.05, 3.63) is 95.4 Å². The van der Waals surface area contributed by atoms with E-state index in [2.05, 4.69) is 117 Å². The fraction of sp³-hybridized carbons (Fsp3) is 0.364. The first-order valence-corrected chi connectivity index (χ1v) is 15.7. The Morgan fingerprint density at radius 1 is 0.805 bits per heavy atom. The second-order valence-electron chi connectivity index (χ2n) is 11.5. The third-order valence-corrected chi connectivity index (χ3v) is 8.39. The molecule has 0 N–H and O–H groups in total. The van der Waals surface area contributed by atoms with E-state index in [0.29, 0.717) is 11.8 Å². The molecule has 0 saturated carbocycles. The van der Waals surface area contributed by atoms with Crippen molar-refractivity contribution in [2.45, 2.75) is 84.2 Å². The van der Waals surface area contributed by atoms with Crippen LogP contribution in [-0.2, 0) is 9.84 Å². The van der Waals surface area contributed by atoms with Gasteiger partial charge in [0.05, 0.1) is 12.4 Å². The molecule has 4 rings (SSSR count). The number of hydrogen-bond acceptors (Lipinski definition) is 5. The van der Waals surface area contributed by atoms with Gasteiger partial charge in [0.15, 0.2) is 5.75 Å². The number of para-hydroxylation sites is 2. The molecule has 2 heterocycles. The maximum Gasteiger partial charge on any atom is 0.472 e. The summed E-state index contributed by atoms with van der Waals surface area (Å²) < 4.78 is 35.2. The minimum absolute atomic E-state index is 0.272. The lowest BCUT2D eigenvalue weighted by Crippen LogP contribution is -2.34. The molecule has 0 saturated heterocycles. The summed E-state index contributed by atoms with van der Waals surface area (Å²) in [5.74, 6) is 1.41. The predicted octanol–water partition coefficient (Wildman–Crippen LogP) is 7.75. The number of imidazole rings is 1. The summed E-state index contributed by atoms with van der Waals surface area (Å²) in [7, 11) is -3.76. The lowest BCUT2D eigenvalue weighted by Gasteiger charge is -2.19. The fourth-order valence-electron chi connectivity index (χ4n) is 5.08. The molecule has 0 fully saturated rings. The minimum atomic E-state index is -3.76. The van der Waals surface area contributed by atoms with Gasteiger partial charge < -0.3 is 4.74 Å². The first-order valence-electron chi connectivity index (χ1n) is 14.1. The monoisotopic (exact) mass is 573 g/mol. The Morgan fingerprint density at radius 2 is 1.27 bits per heavy atom. The molecule has 216 valence electrons. The SMILES string of the molecule is C=CS(=O)(=O)c1ncc(Oc2n(-c3c(C(C)C)cccc3C(C)C)cc[n+]2-c2c(C(C)C)cccc2C(C)C)cn1. The molecule has 0 aliphatic carbocycles. The van der Waals surface area contributed by atoms with Gasteiger partial charge in [0, 0.05) is 27.7 Å². The summed E-state index contributed by atoms with van der Waals surface area (Å²) in [6.07, 6.45) is 6.86. The molecule has 2 aromatic carbocycles. The number of aromatic nitrogens is 4. The Hall–Kier alpha value is -3.78. The highest BCUT2D eigenvalue weighted by Crippen LogP contribution is 2.36. The molecule has 7 nitrogen and oxygen atoms in total. The van der Waals surface area contributed by atoms with E-state index in [1.807, 2.05) is 12.4 Å². The molecule has 0 aliphatic rings. The third-order valence-electron chi connectivity index (χ3n) is 7.23. The van der Waals surface area contributed by atoms with Crippen molar-refractivity contribution >= 4 is 9.84 Å². The van der Waals surface area contributed by atoms with Crippen LogP contribution in [0.3, 0.4) is 0 Å². The normalized spacial score (nSPS) is 12.1. The van der Waals surface area contributed by atoms with E-state index >= 15 is 0 Å². The van der Waals surface area contributed by atoms with E-state index in [1.165, 1.54) is 34.6 Å². The van der Waals surface area contributed by atoms with Crippen LogP contribution in [-0.4, -0.2) is 23.0 Å². The summed E-state index contributed by atoms with van der Waals surface area (Å²) >= 11 is 0. The predicted molar refractivity (Wildman–Crippen MR) is 163 cm³/mol. The molecule has 0 bridgehead atoms. The lowest BCUT2D eigenvalue weighted by molar-refractivity contribution is -0.602. The van der Waals surface area contributed by atoms with Crippen molar-refractivity contribution in [3.8, 4) is 23.1 Å². The van der Waals surface area contributed by atoms with Gasteiger partial charge in [-0.1, -0.05) is 98.4 Å². The van der Waals surface area contributed by atoms with Crippen LogP contribution in [0.5, 0.6) is 11.8 Å². The van der Waals surface area contributed by atoms with Crippen LogP contribution >= 0.6 is 0 Å². The van der Waals surface area contributed by atoms with Crippen LogP contribution in [0.4, 0.5) is 0 Å². The lowest BCUT2D eigenvalue weighted by atomic mass is 9.92. The van der Waals surface area contributed by atoms with Gasteiger partial charge in [-0.25, -0.2) is 18.4 Å². The molecule has 4 aromatic rings. The van der Waals surface area contributed by atoms with Crippen LogP contribution < -0.4 is 9.30 Å². The highest BCUT2D eigenvalue weighted by molar-refractivity contribution is 7.94. The molecule has 0 amide bonds. The van der Waals surface area contributed by atoms with Crippen molar-refractivity contribution < 1.29 is 17.7 Å². The molecule has 0 radical (unpaired) electrons. The molecule has 0 unspecified atom stereocenters. The molecule has 41 heavy (non-hydrogen) atoms. The Bertz CT molecular complexity index is 1520. The van der Waals surface area contributed by atoms with Crippen LogP contribution in [0.2, 0.25) is 0 Å². The Kier molecular flexibility index (Phi) is 8.83. The number of benzene rings is 2. The van der Waals surface area contributed by atoms with Crippen LogP contribution in [0.15, 0.2) is 78.3 Å². The van der Waals surface area contributed by atoms with Gasteiger partial charge in [-0.05, 0) is 23.7 Å². The van der Waals surface area contributed by atoms with Gasteiger partial charge in [-0.2, -0.15) is 9.13 Å². The van der Waals surface area contributed by atoms with Crippen molar-refractivity contribution in [2.24, 2.45) is 0 Å². The quantitative estimate of drug-likeness (QED) is 0.143. The second kappa shape index (κ2) is 12.0. The van der Waals surface area contributed by atoms with Gasteiger partial charge >= 0.3 is 6.01 Å². The van der Waals surface area contributed by atoms with Crippen LogP contribution in [0.1, 0.15) is 101 Å². The summed E-state index contributed by atoms with van der Waals surface area (Å²) in [6.45, 7) is 20.9. The van der Waals surface area contributed by atoms with Gasteiger partial charge in [0.1, 0.15) is 23.8 Å². The first-order chi connectivity index (χ1) is 19.4. The van der Waals surface area contributed by atoms with Gasteiger partial charge in [-0.3, -0.25) is 0 Å². The number of ether oxygens (including phenoxy) is 1. The second-order valence-corrected chi connectivity index (χ2v) is 13.3. The zero-order valence-electron chi connectivity index (χ0n) is 25.3. The van der Waals surface area contributed by atoms with Crippen molar-refractivity contribution in [1.82, 2.24) is 14.5 Å². The van der Waals surface area contributed by atoms with E-state index in [1.54, 1.807) is 0 Å². The van der Waals surface area contributed by atoms with Crippen LogP contribution in [0, 0.1) is 0 Å². The highest BCUT2D eigenvalue weighted by Gasteiger charge is 2.32. The standard InChI is InChI=1S/C33H41N4O3S/c1-10-41(38,39)32-34-19-25(20-35-32)40-33-36(30-26(21(2)3)13-11-14-27(30)22(4)5)17-18-37(33)31-28(23(6)7)15-12-16-29(31)24(8)9/h10-24H,1H2,2-9H3/q+1. The Morgan fingerprint density at radius 3 is 1.71 bits per heavy atom. The van der Waals surface area contributed by atoms with E-state index < -0.39 is 9.84 Å². The van der Waals surface area contributed by atoms with Crippen LogP contribution in [0.25, 0.3) is 11.4 Å². The molecular weight excluding hydrogens is 532 g/mol. The van der Waals surface area contributed by atoms with E-state index in [4.69, 9.17) is 4.74 Å².